The van der Waals surface area contributed by atoms with Gasteiger partial charge in [0, 0.05) is 13.0 Å². The van der Waals surface area contributed by atoms with Gasteiger partial charge in [-0.3, -0.25) is 4.79 Å². The third-order valence-corrected chi connectivity index (χ3v) is 6.96. The van der Waals surface area contributed by atoms with Crippen molar-refractivity contribution in [1.82, 2.24) is 4.31 Å². The molecule has 1 fully saturated rings. The van der Waals surface area contributed by atoms with Crippen molar-refractivity contribution >= 4 is 16.0 Å². The van der Waals surface area contributed by atoms with Crippen LogP contribution in [0.25, 0.3) is 0 Å². The van der Waals surface area contributed by atoms with Gasteiger partial charge in [-0.15, -0.1) is 0 Å². The zero-order valence-electron chi connectivity index (χ0n) is 15.2. The van der Waals surface area contributed by atoms with Crippen LogP contribution in [-0.4, -0.2) is 56.7 Å². The predicted octanol–water partition coefficient (Wildman–Crippen LogP) is 1.31. The minimum absolute atomic E-state index is 0.0269. The molecule has 2 atom stereocenters. The molecule has 140 valence electrons. The number of hydrogen-bond acceptors (Lipinski definition) is 6. The van der Waals surface area contributed by atoms with Crippen LogP contribution in [0.15, 0.2) is 11.0 Å². The fourth-order valence-electron chi connectivity index (χ4n) is 3.31. The lowest BCUT2D eigenvalue weighted by Crippen LogP contribution is -2.51. The highest BCUT2D eigenvalue weighted by molar-refractivity contribution is 7.89. The summed E-state index contributed by atoms with van der Waals surface area (Å²) in [6.07, 6.45) is -0.422. The van der Waals surface area contributed by atoms with E-state index in [1.807, 2.05) is 0 Å². The van der Waals surface area contributed by atoms with Gasteiger partial charge in [-0.2, -0.15) is 4.31 Å². The van der Waals surface area contributed by atoms with E-state index >= 15 is 0 Å². The van der Waals surface area contributed by atoms with Crippen LogP contribution in [0.1, 0.15) is 29.5 Å². The average Bonchev–Trinajstić information content (AvgIpc) is 2.56. The fraction of sp³-hybridized carbons (Fsp3) is 0.588. The minimum atomic E-state index is -3.93. The zero-order valence-corrected chi connectivity index (χ0v) is 16.0. The van der Waals surface area contributed by atoms with E-state index in [1.165, 1.54) is 14.2 Å². The normalized spacial score (nSPS) is 21.8. The molecule has 0 bridgehead atoms. The number of sulfonamides is 1. The van der Waals surface area contributed by atoms with Gasteiger partial charge in [-0.1, -0.05) is 0 Å². The summed E-state index contributed by atoms with van der Waals surface area (Å²) in [5.74, 6) is -0.0459. The van der Waals surface area contributed by atoms with E-state index in [4.69, 9.17) is 9.47 Å². The summed E-state index contributed by atoms with van der Waals surface area (Å²) >= 11 is 0. The van der Waals surface area contributed by atoms with Crippen molar-refractivity contribution in [3.63, 3.8) is 0 Å². The molecule has 1 aromatic carbocycles. The lowest BCUT2D eigenvalue weighted by molar-refractivity contribution is -0.147. The number of ether oxygens (including phenoxy) is 2. The molecule has 0 amide bonds. The van der Waals surface area contributed by atoms with Gasteiger partial charge in [0.25, 0.3) is 0 Å². The van der Waals surface area contributed by atoms with Gasteiger partial charge in [0.1, 0.15) is 11.8 Å². The highest BCUT2D eigenvalue weighted by Gasteiger charge is 2.42. The maximum Gasteiger partial charge on any atom is 0.324 e. The molecule has 1 aliphatic rings. The molecule has 0 saturated carbocycles. The number of aliphatic hydroxyl groups excluding tert-OH is 1. The number of rotatable bonds is 4. The van der Waals surface area contributed by atoms with Crippen LogP contribution in [0, 0.1) is 20.8 Å². The molecule has 1 aromatic rings. The number of methoxy groups -OCH3 is 2. The van der Waals surface area contributed by atoms with Crippen molar-refractivity contribution in [3.8, 4) is 5.75 Å². The number of aryl methyl sites for hydroxylation is 1. The zero-order chi connectivity index (χ0) is 18.9. The summed E-state index contributed by atoms with van der Waals surface area (Å²) in [5, 5.41) is 9.85. The van der Waals surface area contributed by atoms with Gasteiger partial charge in [0.05, 0.1) is 25.2 Å². The summed E-state index contributed by atoms with van der Waals surface area (Å²) in [4.78, 5) is 12.3. The Bertz CT molecular complexity index is 774. The van der Waals surface area contributed by atoms with Gasteiger partial charge in [-0.25, -0.2) is 8.42 Å². The van der Waals surface area contributed by atoms with Crippen molar-refractivity contribution in [2.45, 2.75) is 50.7 Å². The van der Waals surface area contributed by atoms with Crippen LogP contribution in [0.2, 0.25) is 0 Å². The molecular formula is C17H25NO6S. The van der Waals surface area contributed by atoms with Crippen LogP contribution < -0.4 is 4.74 Å². The van der Waals surface area contributed by atoms with Crippen molar-refractivity contribution in [2.75, 3.05) is 20.8 Å². The molecular weight excluding hydrogens is 346 g/mol. The molecule has 1 aliphatic heterocycles. The Labute approximate surface area is 148 Å². The van der Waals surface area contributed by atoms with E-state index < -0.39 is 28.1 Å². The molecule has 0 aromatic heterocycles. The fourth-order valence-corrected chi connectivity index (χ4v) is 5.40. The Kier molecular flexibility index (Phi) is 5.75. The van der Waals surface area contributed by atoms with Gasteiger partial charge in [0.15, 0.2) is 0 Å². The monoisotopic (exact) mass is 371 g/mol. The topological polar surface area (TPSA) is 93.1 Å². The molecule has 1 saturated heterocycles. The van der Waals surface area contributed by atoms with Crippen LogP contribution in [0.4, 0.5) is 0 Å². The number of esters is 1. The highest BCUT2D eigenvalue weighted by atomic mass is 32.2. The van der Waals surface area contributed by atoms with E-state index in [1.54, 1.807) is 26.8 Å². The predicted molar refractivity (Wildman–Crippen MR) is 92.1 cm³/mol. The number of carbonyl (C=O) groups excluding carboxylic acids is 1. The maximum atomic E-state index is 13.3. The molecule has 0 aliphatic carbocycles. The average molecular weight is 371 g/mol. The van der Waals surface area contributed by atoms with E-state index in [-0.39, 0.29) is 24.3 Å². The van der Waals surface area contributed by atoms with Crippen LogP contribution >= 0.6 is 0 Å². The van der Waals surface area contributed by atoms with Crippen LogP contribution in [0.3, 0.4) is 0 Å². The first-order valence-corrected chi connectivity index (χ1v) is 9.51. The third-order valence-electron chi connectivity index (χ3n) is 4.76. The number of benzene rings is 1. The van der Waals surface area contributed by atoms with E-state index in [0.717, 1.165) is 9.87 Å². The molecule has 8 heteroatoms. The number of aliphatic hydroxyl groups is 1. The van der Waals surface area contributed by atoms with Crippen molar-refractivity contribution < 1.29 is 27.8 Å². The molecule has 0 unspecified atom stereocenters. The standard InChI is InChI=1S/C17H25NO6S/c1-10-8-15(23-4)11(2)12(3)16(10)25(21,22)18-7-6-13(19)9-14(18)17(20)24-5/h8,13-14,19H,6-7,9H2,1-5H3/t13-,14+/m1/s1. The SMILES string of the molecule is COC(=O)[C@@H]1C[C@H](O)CCN1S(=O)(=O)c1c(C)cc(OC)c(C)c1C. The van der Waals surface area contributed by atoms with E-state index in [2.05, 4.69) is 0 Å². The van der Waals surface area contributed by atoms with Gasteiger partial charge in [-0.05, 0) is 49.9 Å². The Hall–Kier alpha value is -1.64. The first kappa shape index (κ1) is 19.7. The second-order valence-electron chi connectivity index (χ2n) is 6.31. The maximum absolute atomic E-state index is 13.3. The Morgan fingerprint density at radius 3 is 2.44 bits per heavy atom. The van der Waals surface area contributed by atoms with Crippen LogP contribution in [0.5, 0.6) is 5.75 Å². The number of nitrogens with zero attached hydrogens (tertiary/aromatic N) is 1. The quantitative estimate of drug-likeness (QED) is 0.802. The van der Waals surface area contributed by atoms with Crippen molar-refractivity contribution in [1.29, 1.82) is 0 Å². The number of carbonyl (C=O) groups is 1. The largest absolute Gasteiger partial charge is 0.496 e. The summed E-state index contributed by atoms with van der Waals surface area (Å²) < 4.78 is 37.8. The van der Waals surface area contributed by atoms with Crippen LogP contribution in [-0.2, 0) is 19.6 Å². The summed E-state index contributed by atoms with van der Waals surface area (Å²) in [7, 11) is -1.19. The third kappa shape index (κ3) is 3.51. The summed E-state index contributed by atoms with van der Waals surface area (Å²) in [6, 6.07) is 0.654. The molecule has 7 nitrogen and oxygen atoms in total. The van der Waals surface area contributed by atoms with Gasteiger partial charge >= 0.3 is 5.97 Å². The first-order chi connectivity index (χ1) is 11.6. The highest BCUT2D eigenvalue weighted by Crippen LogP contribution is 2.34. The Balaban J connectivity index is 2.58. The van der Waals surface area contributed by atoms with Gasteiger partial charge in [0.2, 0.25) is 10.0 Å². The van der Waals surface area contributed by atoms with E-state index in [0.29, 0.717) is 16.9 Å². The minimum Gasteiger partial charge on any atom is -0.496 e. The summed E-state index contributed by atoms with van der Waals surface area (Å²) in [6.45, 7) is 5.29. The van der Waals surface area contributed by atoms with Crippen molar-refractivity contribution in [2.24, 2.45) is 0 Å². The smallest absolute Gasteiger partial charge is 0.324 e. The lowest BCUT2D eigenvalue weighted by atomic mass is 10.0. The number of hydrogen-bond donors (Lipinski definition) is 1. The molecule has 1 N–H and O–H groups in total. The van der Waals surface area contributed by atoms with E-state index in [9.17, 15) is 18.3 Å². The number of piperidine rings is 1. The summed E-state index contributed by atoms with van der Waals surface area (Å²) in [5.41, 5.74) is 1.87. The Morgan fingerprint density at radius 1 is 1.24 bits per heavy atom. The lowest BCUT2D eigenvalue weighted by Gasteiger charge is -2.35. The molecule has 25 heavy (non-hydrogen) atoms. The molecule has 0 radical (unpaired) electrons. The second-order valence-corrected chi connectivity index (χ2v) is 8.14. The second kappa shape index (κ2) is 7.31. The molecule has 2 rings (SSSR count). The molecule has 1 heterocycles. The molecule has 0 spiro atoms. The van der Waals surface area contributed by atoms with Gasteiger partial charge < -0.3 is 14.6 Å². The van der Waals surface area contributed by atoms with Crippen molar-refractivity contribution in [3.05, 3.63) is 22.8 Å². The first-order valence-electron chi connectivity index (χ1n) is 8.07. The Morgan fingerprint density at radius 2 is 1.88 bits per heavy atom.